The van der Waals surface area contributed by atoms with Crippen molar-refractivity contribution in [2.75, 3.05) is 19.6 Å². The molecule has 0 unspecified atom stereocenters. The molecule has 0 amide bonds. The lowest BCUT2D eigenvalue weighted by atomic mass is 9.97. The Morgan fingerprint density at radius 2 is 1.66 bits per heavy atom. The fraction of sp³-hybridized carbons (Fsp3) is 0.219. The predicted octanol–water partition coefficient (Wildman–Crippen LogP) is 7.85. The van der Waals surface area contributed by atoms with Crippen LogP contribution in [0.25, 0.3) is 44.5 Å². The molecule has 1 aliphatic rings. The number of pyridine rings is 3. The molecule has 3 aromatic heterocycles. The lowest BCUT2D eigenvalue weighted by Gasteiger charge is -2.14. The van der Waals surface area contributed by atoms with Gasteiger partial charge in [0.25, 0.3) is 0 Å². The molecule has 0 radical (unpaired) electrons. The summed E-state index contributed by atoms with van der Waals surface area (Å²) in [6, 6.07) is 21.1. The van der Waals surface area contributed by atoms with E-state index in [1.54, 1.807) is 12.3 Å². The van der Waals surface area contributed by atoms with Crippen LogP contribution in [0.1, 0.15) is 24.8 Å². The van der Waals surface area contributed by atoms with Crippen molar-refractivity contribution in [2.24, 2.45) is 0 Å². The molecule has 1 saturated heterocycles. The number of benzene rings is 2. The third kappa shape index (κ3) is 5.31. The molecule has 4 nitrogen and oxygen atoms in total. The number of aromatic nitrogens is 3. The Kier molecular flexibility index (Phi) is 7.12. The molecule has 0 N–H and O–H groups in total. The summed E-state index contributed by atoms with van der Waals surface area (Å²) >= 11 is 6.18. The van der Waals surface area contributed by atoms with Crippen molar-refractivity contribution in [3.05, 3.63) is 102 Å². The summed E-state index contributed by atoms with van der Waals surface area (Å²) in [7, 11) is 0. The molecule has 0 saturated carbocycles. The lowest BCUT2D eigenvalue weighted by molar-refractivity contribution is 0.334. The first-order valence-corrected chi connectivity index (χ1v) is 13.5. The molecule has 1 fully saturated rings. The van der Waals surface area contributed by atoms with Gasteiger partial charge in [-0.25, -0.2) is 14.4 Å². The minimum absolute atomic E-state index is 0.343. The van der Waals surface area contributed by atoms with Gasteiger partial charge in [-0.05, 0) is 104 Å². The van der Waals surface area contributed by atoms with Crippen LogP contribution in [-0.4, -0.2) is 39.5 Å². The molecule has 0 spiro atoms. The Hall–Kier alpha value is -3.67. The highest BCUT2D eigenvalue weighted by Crippen LogP contribution is 2.34. The first-order chi connectivity index (χ1) is 18.6. The highest BCUT2D eigenvalue weighted by atomic mass is 35.5. The van der Waals surface area contributed by atoms with E-state index in [2.05, 4.69) is 50.2 Å². The summed E-state index contributed by atoms with van der Waals surface area (Å²) in [5.41, 5.74) is 6.67. The Morgan fingerprint density at radius 1 is 0.842 bits per heavy atom. The van der Waals surface area contributed by atoms with Crippen LogP contribution in [0.15, 0.2) is 85.3 Å². The number of aryl methyl sites for hydroxylation is 1. The van der Waals surface area contributed by atoms with Crippen molar-refractivity contribution >= 4 is 22.6 Å². The molecule has 6 rings (SSSR count). The Balaban J connectivity index is 1.31. The van der Waals surface area contributed by atoms with Crippen molar-refractivity contribution in [2.45, 2.75) is 25.7 Å². The summed E-state index contributed by atoms with van der Waals surface area (Å²) in [5.74, 6) is -0.379. The maximum atomic E-state index is 14.7. The van der Waals surface area contributed by atoms with Gasteiger partial charge in [0.05, 0.1) is 5.69 Å². The zero-order valence-corrected chi connectivity index (χ0v) is 21.8. The molecule has 190 valence electrons. The first kappa shape index (κ1) is 24.7. The van der Waals surface area contributed by atoms with Crippen molar-refractivity contribution < 1.29 is 4.39 Å². The number of likely N-dealkylation sites (tertiary alicyclic amines) is 1. The van der Waals surface area contributed by atoms with Crippen molar-refractivity contribution in [3.8, 4) is 33.5 Å². The Bertz CT molecular complexity index is 1580. The largest absolute Gasteiger partial charge is 0.303 e. The van der Waals surface area contributed by atoms with E-state index in [4.69, 9.17) is 11.6 Å². The van der Waals surface area contributed by atoms with Crippen LogP contribution in [0, 0.1) is 5.82 Å². The van der Waals surface area contributed by atoms with Gasteiger partial charge >= 0.3 is 0 Å². The van der Waals surface area contributed by atoms with Crippen LogP contribution in [0.3, 0.4) is 0 Å². The van der Waals surface area contributed by atoms with Gasteiger partial charge in [-0.15, -0.1) is 0 Å². The summed E-state index contributed by atoms with van der Waals surface area (Å²) in [6.07, 6.45) is 10.4. The zero-order valence-electron chi connectivity index (χ0n) is 21.1. The number of hydrogen-bond donors (Lipinski definition) is 0. The number of hydrogen-bond acceptors (Lipinski definition) is 4. The summed E-state index contributed by atoms with van der Waals surface area (Å²) in [4.78, 5) is 16.2. The van der Waals surface area contributed by atoms with Crippen LogP contribution in [-0.2, 0) is 6.42 Å². The monoisotopic (exact) mass is 522 g/mol. The highest BCUT2D eigenvalue weighted by Gasteiger charge is 2.15. The van der Waals surface area contributed by atoms with Crippen LogP contribution in [0.2, 0.25) is 5.02 Å². The molecule has 5 aromatic rings. The van der Waals surface area contributed by atoms with Crippen molar-refractivity contribution in [1.29, 1.82) is 0 Å². The molecular formula is C32H28ClFN4. The fourth-order valence-corrected chi connectivity index (χ4v) is 5.42. The van der Waals surface area contributed by atoms with Gasteiger partial charge < -0.3 is 4.90 Å². The maximum Gasteiger partial charge on any atom is 0.160 e. The summed E-state index contributed by atoms with van der Waals surface area (Å²) in [5, 5.41) is 1.33. The quantitative estimate of drug-likeness (QED) is 0.218. The second-order valence-corrected chi connectivity index (χ2v) is 10.3. The zero-order chi connectivity index (χ0) is 25.9. The van der Waals surface area contributed by atoms with Gasteiger partial charge in [-0.3, -0.25) is 4.98 Å². The number of fused-ring (bicyclic) bond motifs is 1. The van der Waals surface area contributed by atoms with E-state index in [1.165, 1.54) is 56.6 Å². The Labute approximate surface area is 227 Å². The highest BCUT2D eigenvalue weighted by molar-refractivity contribution is 6.30. The first-order valence-electron chi connectivity index (χ1n) is 13.1. The van der Waals surface area contributed by atoms with Gasteiger partial charge in [-0.1, -0.05) is 35.9 Å². The molecule has 0 bridgehead atoms. The maximum absolute atomic E-state index is 14.7. The molecule has 2 aromatic carbocycles. The SMILES string of the molecule is Fc1ccc(Cl)cc1-c1cc(-c2cncc(-c3ccc(CCCN4CCCC4)cc3)c2)c2cccnc2n1. The molecule has 0 atom stereocenters. The molecule has 38 heavy (non-hydrogen) atoms. The second kappa shape index (κ2) is 11.0. The van der Waals surface area contributed by atoms with E-state index in [0.29, 0.717) is 21.9 Å². The van der Waals surface area contributed by atoms with Crippen LogP contribution in [0.4, 0.5) is 4.39 Å². The van der Waals surface area contributed by atoms with Crippen LogP contribution >= 0.6 is 11.6 Å². The molecule has 6 heteroatoms. The second-order valence-electron chi connectivity index (χ2n) is 9.87. The fourth-order valence-electron chi connectivity index (χ4n) is 5.25. The van der Waals surface area contributed by atoms with Gasteiger partial charge in [0.2, 0.25) is 0 Å². The minimum Gasteiger partial charge on any atom is -0.303 e. The average molecular weight is 523 g/mol. The van der Waals surface area contributed by atoms with Crippen LogP contribution in [0.5, 0.6) is 0 Å². The lowest BCUT2D eigenvalue weighted by Crippen LogP contribution is -2.20. The van der Waals surface area contributed by atoms with Crippen molar-refractivity contribution in [1.82, 2.24) is 19.9 Å². The van der Waals surface area contributed by atoms with Crippen LogP contribution < -0.4 is 0 Å². The summed E-state index contributed by atoms with van der Waals surface area (Å²) in [6.45, 7) is 3.69. The third-order valence-electron chi connectivity index (χ3n) is 7.26. The number of halogens is 2. The summed E-state index contributed by atoms with van der Waals surface area (Å²) < 4.78 is 14.7. The van der Waals surface area contributed by atoms with E-state index in [0.717, 1.165) is 34.1 Å². The average Bonchev–Trinajstić information content (AvgIpc) is 3.48. The van der Waals surface area contributed by atoms with E-state index in [-0.39, 0.29) is 5.82 Å². The predicted molar refractivity (Wildman–Crippen MR) is 153 cm³/mol. The van der Waals surface area contributed by atoms with Gasteiger partial charge in [0, 0.05) is 45.7 Å². The van der Waals surface area contributed by atoms with Gasteiger partial charge in [0.1, 0.15) is 5.82 Å². The normalized spacial score (nSPS) is 13.8. The number of nitrogens with zero attached hydrogens (tertiary/aromatic N) is 4. The van der Waals surface area contributed by atoms with E-state index in [1.807, 2.05) is 30.6 Å². The molecule has 1 aliphatic heterocycles. The standard InChI is InChI=1S/C32H28ClFN4/c33-26-11-12-30(34)29(18-26)31-19-28(27-6-3-13-36-32(27)37-31)25-17-24(20-35-21-25)23-9-7-22(8-10-23)5-4-16-38-14-1-2-15-38/h3,6-13,17-21H,1-2,4-5,14-16H2. The van der Waals surface area contributed by atoms with E-state index in [9.17, 15) is 4.39 Å². The number of rotatable bonds is 7. The Morgan fingerprint density at radius 3 is 2.50 bits per heavy atom. The van der Waals surface area contributed by atoms with Gasteiger partial charge in [0.15, 0.2) is 5.65 Å². The molecule has 0 aliphatic carbocycles. The van der Waals surface area contributed by atoms with E-state index >= 15 is 0 Å². The van der Waals surface area contributed by atoms with Crippen molar-refractivity contribution in [3.63, 3.8) is 0 Å². The van der Waals surface area contributed by atoms with Gasteiger partial charge in [-0.2, -0.15) is 0 Å². The molecule has 4 heterocycles. The smallest absolute Gasteiger partial charge is 0.160 e. The third-order valence-corrected chi connectivity index (χ3v) is 7.50. The molecular weight excluding hydrogens is 495 g/mol. The minimum atomic E-state index is -0.379. The van der Waals surface area contributed by atoms with E-state index < -0.39 is 0 Å². The topological polar surface area (TPSA) is 41.9 Å².